The highest BCUT2D eigenvalue weighted by Gasteiger charge is 2.09. The van der Waals surface area contributed by atoms with Gasteiger partial charge in [0.25, 0.3) is 0 Å². The Morgan fingerprint density at radius 3 is 2.65 bits per heavy atom. The van der Waals surface area contributed by atoms with Crippen molar-refractivity contribution < 1.29 is 0 Å². The maximum absolute atomic E-state index is 5.84. The van der Waals surface area contributed by atoms with Crippen LogP contribution in [-0.2, 0) is 13.0 Å². The van der Waals surface area contributed by atoms with E-state index in [0.29, 0.717) is 6.54 Å². The van der Waals surface area contributed by atoms with Crippen LogP contribution in [0.5, 0.6) is 0 Å². The van der Waals surface area contributed by atoms with Gasteiger partial charge in [0.05, 0.1) is 5.69 Å². The number of rotatable bonds is 4. The van der Waals surface area contributed by atoms with Gasteiger partial charge in [0, 0.05) is 30.7 Å². The van der Waals surface area contributed by atoms with Crippen LogP contribution in [0.1, 0.15) is 24.7 Å². The van der Waals surface area contributed by atoms with Crippen LogP contribution in [0.25, 0.3) is 16.5 Å². The second-order valence-corrected chi connectivity index (χ2v) is 4.96. The normalized spacial score (nSPS) is 11.1. The van der Waals surface area contributed by atoms with Gasteiger partial charge in [-0.2, -0.15) is 0 Å². The van der Waals surface area contributed by atoms with Gasteiger partial charge >= 0.3 is 0 Å². The molecular formula is C17H19N3. The standard InChI is InChI=1S/C17H19N3/c1-2-5-17-19-10-11-20(17)16-9-8-13(12-18)14-6-3-4-7-15(14)16/h3-4,6-11H,2,5,12,18H2,1H3. The lowest BCUT2D eigenvalue weighted by molar-refractivity contribution is 0.811. The summed E-state index contributed by atoms with van der Waals surface area (Å²) in [6.45, 7) is 2.74. The molecule has 0 saturated carbocycles. The van der Waals surface area contributed by atoms with Crippen molar-refractivity contribution in [3.8, 4) is 5.69 Å². The quantitative estimate of drug-likeness (QED) is 0.785. The monoisotopic (exact) mass is 265 g/mol. The molecule has 1 heterocycles. The molecule has 0 fully saturated rings. The highest BCUT2D eigenvalue weighted by molar-refractivity contribution is 5.92. The zero-order valence-corrected chi connectivity index (χ0v) is 11.7. The molecule has 2 aromatic carbocycles. The van der Waals surface area contributed by atoms with Crippen LogP contribution < -0.4 is 5.73 Å². The maximum atomic E-state index is 5.84. The third-order valence-electron chi connectivity index (χ3n) is 3.66. The molecule has 0 amide bonds. The number of fused-ring (bicyclic) bond motifs is 1. The molecule has 3 aromatic rings. The smallest absolute Gasteiger partial charge is 0.113 e. The molecule has 0 saturated heterocycles. The van der Waals surface area contributed by atoms with Crippen LogP contribution in [0.4, 0.5) is 0 Å². The van der Waals surface area contributed by atoms with E-state index < -0.39 is 0 Å². The molecule has 1 aromatic heterocycles. The van der Waals surface area contributed by atoms with Crippen LogP contribution in [-0.4, -0.2) is 9.55 Å². The van der Waals surface area contributed by atoms with Crippen LogP contribution in [0.15, 0.2) is 48.8 Å². The fourth-order valence-electron chi connectivity index (χ4n) is 2.70. The number of benzene rings is 2. The Kier molecular flexibility index (Phi) is 3.52. The number of aromatic nitrogens is 2. The number of nitrogens with two attached hydrogens (primary N) is 1. The molecule has 0 aliphatic carbocycles. The Balaban J connectivity index is 2.24. The zero-order chi connectivity index (χ0) is 13.9. The Labute approximate surface area is 119 Å². The van der Waals surface area contributed by atoms with Gasteiger partial charge in [-0.3, -0.25) is 0 Å². The second kappa shape index (κ2) is 5.47. The molecule has 0 bridgehead atoms. The van der Waals surface area contributed by atoms with Crippen molar-refractivity contribution >= 4 is 10.8 Å². The predicted molar refractivity (Wildman–Crippen MR) is 83.0 cm³/mol. The summed E-state index contributed by atoms with van der Waals surface area (Å²) in [6.07, 6.45) is 5.99. The van der Waals surface area contributed by atoms with Crippen molar-refractivity contribution in [1.82, 2.24) is 9.55 Å². The van der Waals surface area contributed by atoms with E-state index in [-0.39, 0.29) is 0 Å². The average Bonchev–Trinajstić information content (AvgIpc) is 2.94. The van der Waals surface area contributed by atoms with Gasteiger partial charge in [0.2, 0.25) is 0 Å². The van der Waals surface area contributed by atoms with E-state index in [1.807, 2.05) is 12.4 Å². The van der Waals surface area contributed by atoms with E-state index in [4.69, 9.17) is 5.73 Å². The Morgan fingerprint density at radius 2 is 1.90 bits per heavy atom. The van der Waals surface area contributed by atoms with Gasteiger partial charge in [-0.1, -0.05) is 37.3 Å². The van der Waals surface area contributed by atoms with Crippen LogP contribution >= 0.6 is 0 Å². The number of aryl methyl sites for hydroxylation is 1. The topological polar surface area (TPSA) is 43.8 Å². The van der Waals surface area contributed by atoms with Crippen molar-refractivity contribution in [2.45, 2.75) is 26.3 Å². The first-order chi connectivity index (χ1) is 9.85. The molecule has 3 rings (SSSR count). The molecule has 0 aliphatic rings. The number of hydrogen-bond acceptors (Lipinski definition) is 2. The minimum Gasteiger partial charge on any atom is -0.326 e. The Bertz CT molecular complexity index is 728. The molecule has 20 heavy (non-hydrogen) atoms. The third-order valence-corrected chi connectivity index (χ3v) is 3.66. The molecule has 0 spiro atoms. The SMILES string of the molecule is CCCc1nccn1-c1ccc(CN)c2ccccc12. The molecule has 0 aliphatic heterocycles. The molecule has 2 N–H and O–H groups in total. The fraction of sp³-hybridized carbons (Fsp3) is 0.235. The summed E-state index contributed by atoms with van der Waals surface area (Å²) in [4.78, 5) is 4.47. The Morgan fingerprint density at radius 1 is 1.10 bits per heavy atom. The maximum Gasteiger partial charge on any atom is 0.113 e. The Hall–Kier alpha value is -2.13. The molecule has 0 atom stereocenters. The highest BCUT2D eigenvalue weighted by atomic mass is 15.1. The number of nitrogens with zero attached hydrogens (tertiary/aromatic N) is 2. The third kappa shape index (κ3) is 2.10. The van der Waals surface area contributed by atoms with Gasteiger partial charge in [0.1, 0.15) is 5.82 Å². The lowest BCUT2D eigenvalue weighted by Crippen LogP contribution is -2.03. The summed E-state index contributed by atoms with van der Waals surface area (Å²) in [5.41, 5.74) is 8.20. The summed E-state index contributed by atoms with van der Waals surface area (Å²) in [5, 5.41) is 2.45. The first-order valence-corrected chi connectivity index (χ1v) is 7.08. The molecule has 0 unspecified atom stereocenters. The van der Waals surface area contributed by atoms with Gasteiger partial charge in [0.15, 0.2) is 0 Å². The number of imidazole rings is 1. The van der Waals surface area contributed by atoms with Gasteiger partial charge in [-0.25, -0.2) is 4.98 Å². The molecule has 3 nitrogen and oxygen atoms in total. The van der Waals surface area contributed by atoms with E-state index in [9.17, 15) is 0 Å². The summed E-state index contributed by atoms with van der Waals surface area (Å²) in [5.74, 6) is 1.11. The lowest BCUT2D eigenvalue weighted by atomic mass is 10.0. The van der Waals surface area contributed by atoms with Crippen molar-refractivity contribution in [3.05, 3.63) is 60.2 Å². The van der Waals surface area contributed by atoms with Crippen molar-refractivity contribution in [1.29, 1.82) is 0 Å². The van der Waals surface area contributed by atoms with E-state index >= 15 is 0 Å². The number of hydrogen-bond donors (Lipinski definition) is 1. The van der Waals surface area contributed by atoms with E-state index in [1.165, 1.54) is 22.0 Å². The summed E-state index contributed by atoms with van der Waals surface area (Å²) >= 11 is 0. The summed E-state index contributed by atoms with van der Waals surface area (Å²) < 4.78 is 2.19. The molecule has 0 radical (unpaired) electrons. The van der Waals surface area contributed by atoms with Gasteiger partial charge < -0.3 is 10.3 Å². The largest absolute Gasteiger partial charge is 0.326 e. The lowest BCUT2D eigenvalue weighted by Gasteiger charge is -2.13. The summed E-state index contributed by atoms with van der Waals surface area (Å²) in [7, 11) is 0. The van der Waals surface area contributed by atoms with Crippen molar-refractivity contribution in [2.24, 2.45) is 5.73 Å². The van der Waals surface area contributed by atoms with E-state index in [2.05, 4.69) is 52.9 Å². The molecule has 102 valence electrons. The predicted octanol–water partition coefficient (Wildman–Crippen LogP) is 3.44. The second-order valence-electron chi connectivity index (χ2n) is 4.96. The van der Waals surface area contributed by atoms with Gasteiger partial charge in [-0.05, 0) is 23.4 Å². The fourth-order valence-corrected chi connectivity index (χ4v) is 2.70. The van der Waals surface area contributed by atoms with Crippen molar-refractivity contribution in [3.63, 3.8) is 0 Å². The minimum atomic E-state index is 0.562. The van der Waals surface area contributed by atoms with E-state index in [0.717, 1.165) is 18.7 Å². The first kappa shape index (κ1) is 12.9. The average molecular weight is 265 g/mol. The molecule has 3 heteroatoms. The van der Waals surface area contributed by atoms with Gasteiger partial charge in [-0.15, -0.1) is 0 Å². The van der Waals surface area contributed by atoms with Crippen molar-refractivity contribution in [2.75, 3.05) is 0 Å². The molecular weight excluding hydrogens is 246 g/mol. The zero-order valence-electron chi connectivity index (χ0n) is 11.7. The highest BCUT2D eigenvalue weighted by Crippen LogP contribution is 2.26. The summed E-state index contributed by atoms with van der Waals surface area (Å²) in [6, 6.07) is 12.7. The van der Waals surface area contributed by atoms with Crippen LogP contribution in [0.3, 0.4) is 0 Å². The van der Waals surface area contributed by atoms with Crippen LogP contribution in [0, 0.1) is 0 Å². The van der Waals surface area contributed by atoms with Crippen LogP contribution in [0.2, 0.25) is 0 Å². The van der Waals surface area contributed by atoms with E-state index in [1.54, 1.807) is 0 Å². The first-order valence-electron chi connectivity index (χ1n) is 7.08. The minimum absolute atomic E-state index is 0.562.